The fraction of sp³-hybridized carbons (Fsp3) is 0.357. The standard InChI is InChI=1S/C28H30ClNO4/c1-16(2)15-34-28(32)25-17(3)30-23-13-20(18-7-11-22(33-4)12-8-18)14-24(31)27(23)26(25)19-5-9-21(29)10-6-19/h5-12,16,20,25-26,30H,3,13-15H2,1-2,4H3. The first kappa shape index (κ1) is 24.1. The summed E-state index contributed by atoms with van der Waals surface area (Å²) in [5.41, 5.74) is 3.95. The van der Waals surface area contributed by atoms with Gasteiger partial charge in [0.1, 0.15) is 11.7 Å². The molecule has 0 saturated heterocycles. The number of Topliss-reactive ketones (excluding diaryl/α,β-unsaturated/α-hetero) is 1. The molecule has 0 fully saturated rings. The summed E-state index contributed by atoms with van der Waals surface area (Å²) in [6.45, 7) is 8.47. The lowest BCUT2D eigenvalue weighted by Crippen LogP contribution is -2.42. The van der Waals surface area contributed by atoms with Crippen molar-refractivity contribution in [3.8, 4) is 5.75 Å². The summed E-state index contributed by atoms with van der Waals surface area (Å²) in [6, 6.07) is 15.1. The summed E-state index contributed by atoms with van der Waals surface area (Å²) in [5.74, 6) is -0.482. The molecule has 0 saturated carbocycles. The van der Waals surface area contributed by atoms with Gasteiger partial charge in [0, 0.05) is 34.3 Å². The van der Waals surface area contributed by atoms with E-state index in [2.05, 4.69) is 11.9 Å². The van der Waals surface area contributed by atoms with Crippen LogP contribution in [0.5, 0.6) is 5.75 Å². The van der Waals surface area contributed by atoms with Crippen LogP contribution in [0.15, 0.2) is 72.1 Å². The highest BCUT2D eigenvalue weighted by molar-refractivity contribution is 6.30. The van der Waals surface area contributed by atoms with Gasteiger partial charge in [0.2, 0.25) is 0 Å². The number of hydrogen-bond donors (Lipinski definition) is 1. The molecule has 0 aromatic heterocycles. The SMILES string of the molecule is C=C1NC2=C(C(=O)CC(c3ccc(OC)cc3)C2)C(c2ccc(Cl)cc2)C1C(=O)OCC(C)C. The van der Waals surface area contributed by atoms with Crippen molar-refractivity contribution in [1.29, 1.82) is 0 Å². The number of allylic oxidation sites excluding steroid dienone is 2. The molecule has 34 heavy (non-hydrogen) atoms. The van der Waals surface area contributed by atoms with Gasteiger partial charge in [0.05, 0.1) is 13.7 Å². The van der Waals surface area contributed by atoms with Crippen molar-refractivity contribution in [2.45, 2.75) is 38.5 Å². The van der Waals surface area contributed by atoms with Crippen LogP contribution >= 0.6 is 11.6 Å². The number of rotatable bonds is 6. The number of ketones is 1. The van der Waals surface area contributed by atoms with E-state index in [1.54, 1.807) is 19.2 Å². The third kappa shape index (κ3) is 4.90. The number of carbonyl (C=O) groups excluding carboxylic acids is 2. The van der Waals surface area contributed by atoms with E-state index in [0.717, 1.165) is 22.6 Å². The minimum absolute atomic E-state index is 0.0312. The van der Waals surface area contributed by atoms with Crippen LogP contribution < -0.4 is 10.1 Å². The summed E-state index contributed by atoms with van der Waals surface area (Å²) < 4.78 is 10.9. The number of ether oxygens (including phenoxy) is 2. The molecule has 1 N–H and O–H groups in total. The van der Waals surface area contributed by atoms with Crippen LogP contribution in [0.4, 0.5) is 0 Å². The van der Waals surface area contributed by atoms with Crippen molar-refractivity contribution in [3.05, 3.63) is 88.2 Å². The second-order valence-corrected chi connectivity index (χ2v) is 9.81. The van der Waals surface area contributed by atoms with Gasteiger partial charge >= 0.3 is 5.97 Å². The molecule has 0 bridgehead atoms. The van der Waals surface area contributed by atoms with Crippen molar-refractivity contribution in [1.82, 2.24) is 5.32 Å². The highest BCUT2D eigenvalue weighted by Crippen LogP contribution is 2.47. The van der Waals surface area contributed by atoms with Crippen LogP contribution in [0.3, 0.4) is 0 Å². The zero-order chi connectivity index (χ0) is 24.4. The average Bonchev–Trinajstić information content (AvgIpc) is 2.82. The van der Waals surface area contributed by atoms with Crippen LogP contribution in [0.2, 0.25) is 5.02 Å². The van der Waals surface area contributed by atoms with E-state index in [4.69, 9.17) is 21.1 Å². The third-order valence-electron chi connectivity index (χ3n) is 6.47. The van der Waals surface area contributed by atoms with Crippen molar-refractivity contribution in [2.24, 2.45) is 11.8 Å². The van der Waals surface area contributed by atoms with E-state index in [-0.39, 0.29) is 23.6 Å². The fourth-order valence-corrected chi connectivity index (χ4v) is 4.93. The fourth-order valence-electron chi connectivity index (χ4n) is 4.81. The predicted molar refractivity (Wildman–Crippen MR) is 133 cm³/mol. The Labute approximate surface area is 205 Å². The molecule has 2 aromatic carbocycles. The number of esters is 1. The Hall–Kier alpha value is -3.05. The molecule has 3 unspecified atom stereocenters. The number of carbonyl (C=O) groups is 2. The summed E-state index contributed by atoms with van der Waals surface area (Å²) in [5, 5.41) is 3.91. The molecular formula is C28H30ClNO4. The summed E-state index contributed by atoms with van der Waals surface area (Å²) in [4.78, 5) is 26.8. The van der Waals surface area contributed by atoms with E-state index in [9.17, 15) is 9.59 Å². The number of benzene rings is 2. The Morgan fingerprint density at radius 1 is 1.09 bits per heavy atom. The lowest BCUT2D eigenvalue weighted by atomic mass is 9.69. The van der Waals surface area contributed by atoms with Crippen molar-refractivity contribution >= 4 is 23.4 Å². The molecule has 0 amide bonds. The largest absolute Gasteiger partial charge is 0.497 e. The zero-order valence-electron chi connectivity index (χ0n) is 19.8. The van der Waals surface area contributed by atoms with Gasteiger partial charge < -0.3 is 14.8 Å². The van der Waals surface area contributed by atoms with Gasteiger partial charge in [-0.05, 0) is 53.6 Å². The van der Waals surface area contributed by atoms with E-state index >= 15 is 0 Å². The molecule has 2 aromatic rings. The quantitative estimate of drug-likeness (QED) is 0.533. The number of halogens is 1. The molecule has 1 heterocycles. The molecule has 1 aliphatic heterocycles. The van der Waals surface area contributed by atoms with Gasteiger partial charge in [-0.15, -0.1) is 0 Å². The van der Waals surface area contributed by atoms with Crippen LogP contribution in [0, 0.1) is 11.8 Å². The van der Waals surface area contributed by atoms with Crippen molar-refractivity contribution in [3.63, 3.8) is 0 Å². The summed E-state index contributed by atoms with van der Waals surface area (Å²) >= 11 is 6.13. The number of nitrogens with one attached hydrogen (secondary N) is 1. The van der Waals surface area contributed by atoms with Crippen LogP contribution in [0.1, 0.15) is 49.7 Å². The lowest BCUT2D eigenvalue weighted by molar-refractivity contribution is -0.149. The van der Waals surface area contributed by atoms with Gasteiger partial charge in [-0.1, -0.05) is 56.3 Å². The monoisotopic (exact) mass is 479 g/mol. The molecule has 1 aliphatic carbocycles. The zero-order valence-corrected chi connectivity index (χ0v) is 20.5. The maximum absolute atomic E-state index is 13.6. The molecule has 0 spiro atoms. The topological polar surface area (TPSA) is 64.6 Å². The molecule has 3 atom stereocenters. The minimum Gasteiger partial charge on any atom is -0.497 e. The molecular weight excluding hydrogens is 450 g/mol. The first-order valence-electron chi connectivity index (χ1n) is 11.6. The van der Waals surface area contributed by atoms with Gasteiger partial charge in [-0.3, -0.25) is 9.59 Å². The minimum atomic E-state index is -0.694. The van der Waals surface area contributed by atoms with Gasteiger partial charge in [-0.25, -0.2) is 0 Å². The maximum atomic E-state index is 13.6. The Morgan fingerprint density at radius 3 is 2.35 bits per heavy atom. The van der Waals surface area contributed by atoms with E-state index in [1.165, 1.54) is 0 Å². The Kier molecular flexibility index (Phi) is 7.13. The Bertz CT molecular complexity index is 1120. The Balaban J connectivity index is 1.72. The maximum Gasteiger partial charge on any atom is 0.315 e. The van der Waals surface area contributed by atoms with Gasteiger partial charge in [-0.2, -0.15) is 0 Å². The molecule has 178 valence electrons. The molecule has 4 rings (SSSR count). The molecule has 2 aliphatic rings. The second-order valence-electron chi connectivity index (χ2n) is 9.37. The summed E-state index contributed by atoms with van der Waals surface area (Å²) in [6.07, 6.45) is 1.03. The van der Waals surface area contributed by atoms with Crippen LogP contribution in [-0.4, -0.2) is 25.5 Å². The molecule has 5 nitrogen and oxygen atoms in total. The smallest absolute Gasteiger partial charge is 0.315 e. The molecule has 0 radical (unpaired) electrons. The second kappa shape index (κ2) is 10.1. The number of hydrogen-bond acceptors (Lipinski definition) is 5. The predicted octanol–water partition coefficient (Wildman–Crippen LogP) is 5.77. The summed E-state index contributed by atoms with van der Waals surface area (Å²) in [7, 11) is 1.63. The third-order valence-corrected chi connectivity index (χ3v) is 6.72. The van der Waals surface area contributed by atoms with Crippen molar-refractivity contribution < 1.29 is 19.1 Å². The van der Waals surface area contributed by atoms with E-state index in [0.29, 0.717) is 35.7 Å². The number of methoxy groups -OCH3 is 1. The van der Waals surface area contributed by atoms with Gasteiger partial charge in [0.15, 0.2) is 5.78 Å². The van der Waals surface area contributed by atoms with Crippen molar-refractivity contribution in [2.75, 3.05) is 13.7 Å². The highest BCUT2D eigenvalue weighted by atomic mass is 35.5. The van der Waals surface area contributed by atoms with Crippen LogP contribution in [-0.2, 0) is 14.3 Å². The first-order chi connectivity index (χ1) is 16.3. The molecule has 6 heteroatoms. The normalized spacial score (nSPS) is 22.3. The lowest BCUT2D eigenvalue weighted by Gasteiger charge is -2.40. The first-order valence-corrected chi connectivity index (χ1v) is 11.9. The highest BCUT2D eigenvalue weighted by Gasteiger charge is 2.45. The Morgan fingerprint density at radius 2 is 1.74 bits per heavy atom. The van der Waals surface area contributed by atoms with Gasteiger partial charge in [0.25, 0.3) is 0 Å². The van der Waals surface area contributed by atoms with E-state index in [1.807, 2.05) is 50.2 Å². The average molecular weight is 480 g/mol. The van der Waals surface area contributed by atoms with Crippen LogP contribution in [0.25, 0.3) is 0 Å². The van der Waals surface area contributed by atoms with E-state index < -0.39 is 11.8 Å².